The largest absolute Gasteiger partial charge is 0.508 e. The molecular weight excluding hydrogens is 314 g/mol. The maximum atomic E-state index is 10.5. The number of aliphatic hydroxyl groups is 1. The molecule has 0 spiro atoms. The molecule has 2 aromatic carbocycles. The second kappa shape index (κ2) is 6.86. The van der Waals surface area contributed by atoms with E-state index in [9.17, 15) is 10.2 Å². The number of nitrogens with one attached hydrogen (secondary N) is 1. The molecule has 1 fully saturated rings. The number of β-amino-alcohol motifs (C(OH)–C–C–N with tert-alkyl or cyclic N) is 1. The minimum atomic E-state index is -0.317. The first-order valence-electron chi connectivity index (χ1n) is 8.79. The number of hydrogen-bond acceptors (Lipinski definition) is 4. The van der Waals surface area contributed by atoms with E-state index in [1.165, 1.54) is 5.56 Å². The van der Waals surface area contributed by atoms with Gasteiger partial charge in [0, 0.05) is 12.6 Å². The molecule has 1 aliphatic heterocycles. The molecular formula is C20H23N3O2. The van der Waals surface area contributed by atoms with Crippen LogP contribution in [0.25, 0.3) is 11.0 Å². The van der Waals surface area contributed by atoms with E-state index in [1.807, 2.05) is 12.1 Å². The molecule has 0 amide bonds. The number of phenols is 1. The van der Waals surface area contributed by atoms with Crippen molar-refractivity contribution in [3.63, 3.8) is 0 Å². The predicted octanol–water partition coefficient (Wildman–Crippen LogP) is 2.69. The summed E-state index contributed by atoms with van der Waals surface area (Å²) in [6, 6.07) is 15.5. The number of aromatic hydroxyl groups is 1. The van der Waals surface area contributed by atoms with Crippen LogP contribution in [0.15, 0.2) is 48.5 Å². The molecule has 3 aromatic rings. The normalized spacial score (nSPS) is 21.6. The highest BCUT2D eigenvalue weighted by Gasteiger charge is 2.28. The number of benzene rings is 2. The summed E-state index contributed by atoms with van der Waals surface area (Å²) in [5, 5.41) is 20.1. The van der Waals surface area contributed by atoms with Crippen molar-refractivity contribution >= 4 is 11.0 Å². The van der Waals surface area contributed by atoms with Crippen molar-refractivity contribution in [2.45, 2.75) is 25.5 Å². The monoisotopic (exact) mass is 337 g/mol. The molecule has 4 rings (SSSR count). The number of likely N-dealkylation sites (tertiary alicyclic amines) is 1. The summed E-state index contributed by atoms with van der Waals surface area (Å²) in [7, 11) is 0. The van der Waals surface area contributed by atoms with Crippen molar-refractivity contribution in [1.82, 2.24) is 14.9 Å². The molecule has 3 N–H and O–H groups in total. The van der Waals surface area contributed by atoms with Crippen molar-refractivity contribution in [3.8, 4) is 5.75 Å². The molecule has 25 heavy (non-hydrogen) atoms. The third-order valence-electron chi connectivity index (χ3n) is 5.03. The Kier molecular flexibility index (Phi) is 4.42. The van der Waals surface area contributed by atoms with E-state index in [0.717, 1.165) is 36.2 Å². The van der Waals surface area contributed by atoms with E-state index in [4.69, 9.17) is 0 Å². The van der Waals surface area contributed by atoms with Crippen LogP contribution in [-0.4, -0.2) is 44.3 Å². The average molecular weight is 337 g/mol. The summed E-state index contributed by atoms with van der Waals surface area (Å²) in [6.07, 6.45) is 1.60. The average Bonchev–Trinajstić information content (AvgIpc) is 2.99. The number of piperidine rings is 1. The van der Waals surface area contributed by atoms with Gasteiger partial charge in [-0.3, -0.25) is 4.90 Å². The van der Waals surface area contributed by atoms with Crippen LogP contribution >= 0.6 is 0 Å². The highest BCUT2D eigenvalue weighted by atomic mass is 16.3. The zero-order valence-electron chi connectivity index (χ0n) is 14.1. The molecule has 1 saturated heterocycles. The van der Waals surface area contributed by atoms with Gasteiger partial charge in [0.2, 0.25) is 0 Å². The maximum Gasteiger partial charge on any atom is 0.121 e. The van der Waals surface area contributed by atoms with E-state index < -0.39 is 0 Å². The zero-order chi connectivity index (χ0) is 17.2. The first-order valence-corrected chi connectivity index (χ1v) is 8.79. The van der Waals surface area contributed by atoms with Gasteiger partial charge in [-0.15, -0.1) is 0 Å². The first kappa shape index (κ1) is 16.1. The van der Waals surface area contributed by atoms with Gasteiger partial charge in [-0.2, -0.15) is 0 Å². The van der Waals surface area contributed by atoms with E-state index in [2.05, 4.69) is 39.1 Å². The van der Waals surface area contributed by atoms with Gasteiger partial charge in [0.1, 0.15) is 11.6 Å². The molecule has 2 atom stereocenters. The quantitative estimate of drug-likeness (QED) is 0.684. The number of aliphatic hydroxyl groups excluding tert-OH is 1. The summed E-state index contributed by atoms with van der Waals surface area (Å²) >= 11 is 0. The second-order valence-corrected chi connectivity index (χ2v) is 6.93. The number of aromatic amines is 1. The summed E-state index contributed by atoms with van der Waals surface area (Å²) in [5.41, 5.74) is 2.99. The number of aromatic nitrogens is 2. The van der Waals surface area contributed by atoms with Crippen LogP contribution in [0.3, 0.4) is 0 Å². The van der Waals surface area contributed by atoms with Crippen molar-refractivity contribution in [2.75, 3.05) is 13.1 Å². The van der Waals surface area contributed by atoms with Crippen molar-refractivity contribution < 1.29 is 10.2 Å². The minimum absolute atomic E-state index is 0.236. The van der Waals surface area contributed by atoms with Gasteiger partial charge in [0.25, 0.3) is 0 Å². The fraction of sp³-hybridized carbons (Fsp3) is 0.350. The van der Waals surface area contributed by atoms with Crippen LogP contribution in [0.4, 0.5) is 0 Å². The first-order chi connectivity index (χ1) is 12.2. The molecule has 5 nitrogen and oxygen atoms in total. The van der Waals surface area contributed by atoms with Gasteiger partial charge in [-0.1, -0.05) is 30.3 Å². The lowest BCUT2D eigenvalue weighted by molar-refractivity contribution is 0.0179. The Morgan fingerprint density at radius 3 is 2.80 bits per heavy atom. The standard InChI is InChI=1S/C20H23N3O2/c24-16-6-7-17-18(11-16)22-20(21-17)13-23-9-8-15(19(25)12-23)10-14-4-2-1-3-5-14/h1-7,11,15,19,24-25H,8-10,12-13H2,(H,21,22)/t15-,19+/m0/s1. The van der Waals surface area contributed by atoms with Crippen molar-refractivity contribution in [2.24, 2.45) is 5.92 Å². The lowest BCUT2D eigenvalue weighted by atomic mass is 9.88. The molecule has 1 aromatic heterocycles. The molecule has 0 radical (unpaired) electrons. The Labute approximate surface area is 146 Å². The Balaban J connectivity index is 1.38. The number of rotatable bonds is 4. The van der Waals surface area contributed by atoms with Crippen LogP contribution < -0.4 is 0 Å². The summed E-state index contributed by atoms with van der Waals surface area (Å²) in [4.78, 5) is 10.1. The molecule has 5 heteroatoms. The molecule has 1 aliphatic rings. The Hall–Kier alpha value is -2.37. The number of phenolic OH excluding ortho intramolecular Hbond substituents is 1. The molecule has 0 bridgehead atoms. The number of hydrogen-bond donors (Lipinski definition) is 3. The maximum absolute atomic E-state index is 10.5. The highest BCUT2D eigenvalue weighted by Crippen LogP contribution is 2.24. The van der Waals surface area contributed by atoms with Crippen LogP contribution in [0.2, 0.25) is 0 Å². The van der Waals surface area contributed by atoms with E-state index in [-0.39, 0.29) is 11.9 Å². The van der Waals surface area contributed by atoms with Gasteiger partial charge in [-0.05, 0) is 43.0 Å². The smallest absolute Gasteiger partial charge is 0.121 e. The minimum Gasteiger partial charge on any atom is -0.508 e. The fourth-order valence-electron chi connectivity index (χ4n) is 3.68. The third-order valence-corrected chi connectivity index (χ3v) is 5.03. The number of nitrogens with zero attached hydrogens (tertiary/aromatic N) is 2. The highest BCUT2D eigenvalue weighted by molar-refractivity contribution is 5.76. The molecule has 0 saturated carbocycles. The number of imidazole rings is 1. The summed E-state index contributed by atoms with van der Waals surface area (Å²) in [5.74, 6) is 1.42. The van der Waals surface area contributed by atoms with Crippen molar-refractivity contribution in [3.05, 3.63) is 59.9 Å². The van der Waals surface area contributed by atoms with Crippen LogP contribution in [-0.2, 0) is 13.0 Å². The Morgan fingerprint density at radius 2 is 2.00 bits per heavy atom. The predicted molar refractivity (Wildman–Crippen MR) is 97.3 cm³/mol. The van der Waals surface area contributed by atoms with E-state index >= 15 is 0 Å². The number of H-pyrrole nitrogens is 1. The van der Waals surface area contributed by atoms with E-state index in [1.54, 1.807) is 12.1 Å². The van der Waals surface area contributed by atoms with Gasteiger partial charge < -0.3 is 15.2 Å². The Bertz CT molecular complexity index is 847. The summed E-state index contributed by atoms with van der Waals surface area (Å²) < 4.78 is 0. The van der Waals surface area contributed by atoms with Gasteiger partial charge >= 0.3 is 0 Å². The fourth-order valence-corrected chi connectivity index (χ4v) is 3.68. The zero-order valence-corrected chi connectivity index (χ0v) is 14.1. The lowest BCUT2D eigenvalue weighted by Gasteiger charge is -2.35. The van der Waals surface area contributed by atoms with Crippen LogP contribution in [0.1, 0.15) is 17.8 Å². The van der Waals surface area contributed by atoms with Gasteiger partial charge in [0.15, 0.2) is 0 Å². The molecule has 130 valence electrons. The number of fused-ring (bicyclic) bond motifs is 1. The van der Waals surface area contributed by atoms with Gasteiger partial charge in [-0.25, -0.2) is 4.98 Å². The van der Waals surface area contributed by atoms with Crippen LogP contribution in [0.5, 0.6) is 5.75 Å². The molecule has 0 aliphatic carbocycles. The van der Waals surface area contributed by atoms with Gasteiger partial charge in [0.05, 0.1) is 23.7 Å². The van der Waals surface area contributed by atoms with Crippen molar-refractivity contribution in [1.29, 1.82) is 0 Å². The molecule has 0 unspecified atom stereocenters. The Morgan fingerprint density at radius 1 is 1.16 bits per heavy atom. The second-order valence-electron chi connectivity index (χ2n) is 6.93. The topological polar surface area (TPSA) is 72.4 Å². The lowest BCUT2D eigenvalue weighted by Crippen LogP contribution is -2.44. The van der Waals surface area contributed by atoms with Crippen LogP contribution in [0, 0.1) is 5.92 Å². The molecule has 2 heterocycles. The SMILES string of the molecule is Oc1ccc2nc(CN3CC[C@@H](Cc4ccccc4)[C@H](O)C3)[nH]c2c1. The van der Waals surface area contributed by atoms with E-state index in [0.29, 0.717) is 19.0 Å². The summed E-state index contributed by atoms with van der Waals surface area (Å²) in [6.45, 7) is 2.31. The third kappa shape index (κ3) is 3.67.